The lowest BCUT2D eigenvalue weighted by molar-refractivity contribution is 0.492. The van der Waals surface area contributed by atoms with Gasteiger partial charge in [0.2, 0.25) is 0 Å². The van der Waals surface area contributed by atoms with Crippen LogP contribution in [0.15, 0.2) is 46.1 Å². The molecule has 0 unspecified atom stereocenters. The summed E-state index contributed by atoms with van der Waals surface area (Å²) in [5.41, 5.74) is 0.721. The summed E-state index contributed by atoms with van der Waals surface area (Å²) < 4.78 is 29.4. The molecule has 0 atom stereocenters. The molecule has 0 fully saturated rings. The van der Waals surface area contributed by atoms with Crippen LogP contribution in [-0.2, 0) is 16.6 Å². The summed E-state index contributed by atoms with van der Waals surface area (Å²) in [7, 11) is -3.91. The lowest BCUT2D eigenvalue weighted by Crippen LogP contribution is -2.13. The first-order valence-electron chi connectivity index (χ1n) is 7.88. The van der Waals surface area contributed by atoms with Gasteiger partial charge < -0.3 is 0 Å². The van der Waals surface area contributed by atoms with Gasteiger partial charge in [0.1, 0.15) is 4.90 Å². The molecule has 3 aromatic rings. The highest BCUT2D eigenvalue weighted by Crippen LogP contribution is 2.27. The number of rotatable bonds is 5. The molecule has 3 rings (SSSR count). The molecule has 2 aromatic carbocycles. The zero-order chi connectivity index (χ0) is 19.1. The normalized spacial score (nSPS) is 12.0. The van der Waals surface area contributed by atoms with Crippen molar-refractivity contribution in [2.24, 2.45) is 5.92 Å². The van der Waals surface area contributed by atoms with Crippen LogP contribution >= 0.6 is 23.2 Å². The Hall–Kier alpha value is -1.96. The van der Waals surface area contributed by atoms with Gasteiger partial charge in [-0.25, -0.2) is 8.42 Å². The summed E-state index contributed by atoms with van der Waals surface area (Å²) >= 11 is 11.8. The number of hydrogen-bond donors (Lipinski definition) is 2. The van der Waals surface area contributed by atoms with Crippen molar-refractivity contribution in [3.8, 4) is 0 Å². The zero-order valence-electron chi connectivity index (χ0n) is 14.1. The third-order valence-corrected chi connectivity index (χ3v) is 5.85. The average molecular weight is 414 g/mol. The molecular weight excluding hydrogens is 397 g/mol. The van der Waals surface area contributed by atoms with E-state index in [0.717, 1.165) is 5.52 Å². The van der Waals surface area contributed by atoms with Gasteiger partial charge in [0.05, 0.1) is 15.9 Å². The molecule has 0 aliphatic heterocycles. The summed E-state index contributed by atoms with van der Waals surface area (Å²) in [6, 6.07) is 8.95. The minimum Gasteiger partial charge on any atom is -0.284 e. The highest BCUT2D eigenvalue weighted by Gasteiger charge is 2.19. The van der Waals surface area contributed by atoms with E-state index in [1.165, 1.54) is 24.3 Å². The first-order chi connectivity index (χ1) is 12.2. The maximum atomic E-state index is 12.6. The largest absolute Gasteiger partial charge is 0.284 e. The molecule has 9 heteroatoms. The van der Waals surface area contributed by atoms with E-state index in [9.17, 15) is 13.2 Å². The van der Waals surface area contributed by atoms with E-state index in [1.54, 1.807) is 16.8 Å². The van der Waals surface area contributed by atoms with E-state index >= 15 is 0 Å². The lowest BCUT2D eigenvalue weighted by atomic mass is 10.2. The Balaban J connectivity index is 1.98. The van der Waals surface area contributed by atoms with Gasteiger partial charge >= 0.3 is 0 Å². The Morgan fingerprint density at radius 2 is 1.88 bits per heavy atom. The molecule has 0 amide bonds. The molecular formula is C17H17Cl2N3O3S. The number of sulfonamides is 1. The number of nitrogens with one attached hydrogen (secondary N) is 2. The summed E-state index contributed by atoms with van der Waals surface area (Å²) in [6.45, 7) is 4.75. The van der Waals surface area contributed by atoms with Crippen molar-refractivity contribution in [1.29, 1.82) is 0 Å². The maximum absolute atomic E-state index is 12.6. The smallest absolute Gasteiger partial charge is 0.272 e. The van der Waals surface area contributed by atoms with Gasteiger partial charge in [0.15, 0.2) is 0 Å². The van der Waals surface area contributed by atoms with Crippen LogP contribution < -0.4 is 10.3 Å². The van der Waals surface area contributed by atoms with Gasteiger partial charge in [-0.1, -0.05) is 37.0 Å². The molecule has 0 aliphatic carbocycles. The molecule has 0 bridgehead atoms. The Kier molecular flexibility index (Phi) is 5.05. The fourth-order valence-corrected chi connectivity index (χ4v) is 4.50. The number of aromatic amines is 1. The Bertz CT molecular complexity index is 1130. The van der Waals surface area contributed by atoms with Crippen LogP contribution in [0, 0.1) is 5.92 Å². The maximum Gasteiger partial charge on any atom is 0.272 e. The third-order valence-electron chi connectivity index (χ3n) is 3.75. The van der Waals surface area contributed by atoms with Crippen LogP contribution in [0.1, 0.15) is 13.8 Å². The van der Waals surface area contributed by atoms with Crippen LogP contribution in [0.3, 0.4) is 0 Å². The molecule has 0 saturated heterocycles. The minimum atomic E-state index is -3.91. The standard InChI is InChI=1S/C17H17Cl2N3O3S/c1-10(2)9-22-15-5-4-12(8-13(15)17(23)20-22)21-26(24,25)16-6-3-11(18)7-14(16)19/h3-8,10,21H,9H2,1-2H3,(H,20,23). The summed E-state index contributed by atoms with van der Waals surface area (Å²) in [4.78, 5) is 12.1. The molecule has 0 saturated carbocycles. The fraction of sp³-hybridized carbons (Fsp3) is 0.235. The van der Waals surface area contributed by atoms with Crippen molar-refractivity contribution in [3.05, 3.63) is 56.8 Å². The third kappa shape index (κ3) is 3.75. The van der Waals surface area contributed by atoms with Crippen molar-refractivity contribution in [2.75, 3.05) is 4.72 Å². The van der Waals surface area contributed by atoms with E-state index in [4.69, 9.17) is 23.2 Å². The van der Waals surface area contributed by atoms with Gasteiger partial charge in [-0.2, -0.15) is 0 Å². The first-order valence-corrected chi connectivity index (χ1v) is 10.1. The van der Waals surface area contributed by atoms with Crippen molar-refractivity contribution < 1.29 is 8.42 Å². The van der Waals surface area contributed by atoms with Gasteiger partial charge in [-0.05, 0) is 42.3 Å². The van der Waals surface area contributed by atoms with Crippen molar-refractivity contribution in [2.45, 2.75) is 25.3 Å². The number of benzene rings is 2. The van der Waals surface area contributed by atoms with E-state index in [0.29, 0.717) is 22.9 Å². The average Bonchev–Trinajstić information content (AvgIpc) is 2.81. The molecule has 0 spiro atoms. The first kappa shape index (κ1) is 18.8. The topological polar surface area (TPSA) is 84.0 Å². The zero-order valence-corrected chi connectivity index (χ0v) is 16.4. The molecule has 6 nitrogen and oxygen atoms in total. The van der Waals surface area contributed by atoms with Gasteiger partial charge in [0, 0.05) is 17.3 Å². The van der Waals surface area contributed by atoms with Gasteiger partial charge in [0.25, 0.3) is 15.6 Å². The number of aromatic nitrogens is 2. The predicted octanol–water partition coefficient (Wildman–Crippen LogP) is 4.09. The van der Waals surface area contributed by atoms with Gasteiger partial charge in [-0.3, -0.25) is 19.3 Å². The van der Waals surface area contributed by atoms with Crippen LogP contribution in [-0.4, -0.2) is 18.2 Å². The summed E-state index contributed by atoms with van der Waals surface area (Å²) in [5, 5.41) is 3.54. The Morgan fingerprint density at radius 3 is 2.54 bits per heavy atom. The minimum absolute atomic E-state index is 0.0204. The Morgan fingerprint density at radius 1 is 1.15 bits per heavy atom. The number of hydrogen-bond acceptors (Lipinski definition) is 3. The summed E-state index contributed by atoms with van der Waals surface area (Å²) in [6.07, 6.45) is 0. The predicted molar refractivity (Wildman–Crippen MR) is 105 cm³/mol. The second-order valence-electron chi connectivity index (χ2n) is 6.36. The molecule has 1 heterocycles. The Labute approximate surface area is 160 Å². The number of nitrogens with zero attached hydrogens (tertiary/aromatic N) is 1. The van der Waals surface area contributed by atoms with Crippen LogP contribution in [0.5, 0.6) is 0 Å². The fourth-order valence-electron chi connectivity index (χ4n) is 2.67. The number of anilines is 1. The monoisotopic (exact) mass is 413 g/mol. The van der Waals surface area contributed by atoms with Crippen molar-refractivity contribution in [1.82, 2.24) is 9.78 Å². The number of fused-ring (bicyclic) bond motifs is 1. The number of H-pyrrole nitrogens is 1. The summed E-state index contributed by atoms with van der Waals surface area (Å²) in [5.74, 6) is 0.353. The molecule has 0 radical (unpaired) electrons. The quantitative estimate of drug-likeness (QED) is 0.660. The van der Waals surface area contributed by atoms with Crippen molar-refractivity contribution in [3.63, 3.8) is 0 Å². The molecule has 2 N–H and O–H groups in total. The molecule has 138 valence electrons. The van der Waals surface area contributed by atoms with E-state index < -0.39 is 10.0 Å². The van der Waals surface area contributed by atoms with E-state index in [1.807, 2.05) is 13.8 Å². The molecule has 0 aliphatic rings. The van der Waals surface area contributed by atoms with Crippen LogP contribution in [0.4, 0.5) is 5.69 Å². The second-order valence-corrected chi connectivity index (χ2v) is 8.85. The number of halogens is 2. The van der Waals surface area contributed by atoms with Crippen LogP contribution in [0.25, 0.3) is 10.9 Å². The lowest BCUT2D eigenvalue weighted by Gasteiger charge is -2.10. The molecule has 1 aromatic heterocycles. The SMILES string of the molecule is CC(C)Cn1[nH]c(=O)c2cc(NS(=O)(=O)c3ccc(Cl)cc3Cl)ccc21. The van der Waals surface area contributed by atoms with E-state index in [-0.39, 0.29) is 21.2 Å². The highest BCUT2D eigenvalue weighted by atomic mass is 35.5. The molecule has 26 heavy (non-hydrogen) atoms. The van der Waals surface area contributed by atoms with Crippen LogP contribution in [0.2, 0.25) is 10.0 Å². The second kappa shape index (κ2) is 6.98. The van der Waals surface area contributed by atoms with Gasteiger partial charge in [-0.15, -0.1) is 0 Å². The van der Waals surface area contributed by atoms with Crippen molar-refractivity contribution >= 4 is 49.8 Å². The van der Waals surface area contributed by atoms with E-state index in [2.05, 4.69) is 9.82 Å². The highest BCUT2D eigenvalue weighted by molar-refractivity contribution is 7.92.